The number of carbonyl (C=O) groups excluding carboxylic acids is 1. The summed E-state index contributed by atoms with van der Waals surface area (Å²) in [6.45, 7) is 2.18. The highest BCUT2D eigenvalue weighted by Gasteiger charge is 2.38. The van der Waals surface area contributed by atoms with Gasteiger partial charge < -0.3 is 15.1 Å². The number of piperidine rings is 2. The van der Waals surface area contributed by atoms with Crippen LogP contribution in [0, 0.1) is 5.92 Å². The van der Waals surface area contributed by atoms with Gasteiger partial charge in [-0.1, -0.05) is 0 Å². The Kier molecular flexibility index (Phi) is 5.70. The fourth-order valence-electron chi connectivity index (χ4n) is 3.91. The fourth-order valence-corrected chi connectivity index (χ4v) is 3.91. The first-order valence-electron chi connectivity index (χ1n) is 9.13. The standard InChI is InChI=1S/C18H25F3N4O/c1-22-14-6-4-10-25(12-14)17(26)13-5-3-9-24(11-13)16-15(18(19,20)21)7-2-8-23-16/h2,7-8,13-14,22H,3-6,9-12H2,1H3. The third-order valence-corrected chi connectivity index (χ3v) is 5.30. The van der Waals surface area contributed by atoms with Gasteiger partial charge in [-0.25, -0.2) is 4.98 Å². The van der Waals surface area contributed by atoms with Crippen molar-refractivity contribution in [2.75, 3.05) is 38.1 Å². The number of pyridine rings is 1. The Morgan fingerprint density at radius 1 is 1.23 bits per heavy atom. The summed E-state index contributed by atoms with van der Waals surface area (Å²) in [5, 5.41) is 3.21. The van der Waals surface area contributed by atoms with Crippen molar-refractivity contribution >= 4 is 11.7 Å². The summed E-state index contributed by atoms with van der Waals surface area (Å²) in [7, 11) is 1.89. The second-order valence-electron chi connectivity index (χ2n) is 7.07. The van der Waals surface area contributed by atoms with Crippen molar-refractivity contribution in [3.63, 3.8) is 0 Å². The van der Waals surface area contributed by atoms with E-state index in [4.69, 9.17) is 0 Å². The van der Waals surface area contributed by atoms with E-state index in [9.17, 15) is 18.0 Å². The molecule has 2 saturated heterocycles. The van der Waals surface area contributed by atoms with Crippen LogP contribution in [0.1, 0.15) is 31.2 Å². The number of alkyl halides is 3. The summed E-state index contributed by atoms with van der Waals surface area (Å²) in [5.41, 5.74) is -0.735. The molecule has 1 N–H and O–H groups in total. The Hall–Kier alpha value is -1.83. The number of likely N-dealkylation sites (N-methyl/N-ethyl adjacent to an activating group) is 1. The summed E-state index contributed by atoms with van der Waals surface area (Å²) in [4.78, 5) is 20.4. The van der Waals surface area contributed by atoms with Crippen LogP contribution in [0.2, 0.25) is 0 Å². The van der Waals surface area contributed by atoms with Gasteiger partial charge in [0, 0.05) is 38.4 Å². The van der Waals surface area contributed by atoms with Gasteiger partial charge in [-0.15, -0.1) is 0 Å². The minimum Gasteiger partial charge on any atom is -0.355 e. The molecule has 1 aromatic heterocycles. The fraction of sp³-hybridized carbons (Fsp3) is 0.667. The quantitative estimate of drug-likeness (QED) is 0.888. The lowest BCUT2D eigenvalue weighted by atomic mass is 9.94. The Balaban J connectivity index is 1.73. The summed E-state index contributed by atoms with van der Waals surface area (Å²) in [6, 6.07) is 2.64. The summed E-state index contributed by atoms with van der Waals surface area (Å²) in [5.74, 6) is -0.286. The highest BCUT2D eigenvalue weighted by atomic mass is 19.4. The molecule has 3 rings (SSSR count). The molecule has 2 unspecified atom stereocenters. The molecule has 0 aromatic carbocycles. The smallest absolute Gasteiger partial charge is 0.355 e. The van der Waals surface area contributed by atoms with E-state index in [0.717, 1.165) is 25.5 Å². The topological polar surface area (TPSA) is 48.5 Å². The molecule has 0 aliphatic carbocycles. The summed E-state index contributed by atoms with van der Waals surface area (Å²) < 4.78 is 39.8. The van der Waals surface area contributed by atoms with E-state index in [0.29, 0.717) is 38.5 Å². The largest absolute Gasteiger partial charge is 0.419 e. The lowest BCUT2D eigenvalue weighted by Gasteiger charge is -2.39. The Bertz CT molecular complexity index is 637. The molecule has 2 atom stereocenters. The second kappa shape index (κ2) is 7.82. The summed E-state index contributed by atoms with van der Waals surface area (Å²) >= 11 is 0. The van der Waals surface area contributed by atoms with Gasteiger partial charge in [0.15, 0.2) is 0 Å². The Morgan fingerprint density at radius 3 is 2.73 bits per heavy atom. The van der Waals surface area contributed by atoms with E-state index < -0.39 is 11.7 Å². The second-order valence-corrected chi connectivity index (χ2v) is 7.07. The van der Waals surface area contributed by atoms with Gasteiger partial charge in [0.1, 0.15) is 5.82 Å². The van der Waals surface area contributed by atoms with Crippen molar-refractivity contribution in [2.45, 2.75) is 37.9 Å². The molecule has 26 heavy (non-hydrogen) atoms. The predicted octanol–water partition coefficient (Wildman–Crippen LogP) is 2.53. The molecule has 0 spiro atoms. The minimum atomic E-state index is -4.45. The molecule has 2 aliphatic heterocycles. The number of amides is 1. The molecule has 2 aliphatic rings. The van der Waals surface area contributed by atoms with E-state index in [1.807, 2.05) is 11.9 Å². The number of hydrogen-bond acceptors (Lipinski definition) is 4. The number of anilines is 1. The Labute approximate surface area is 151 Å². The van der Waals surface area contributed by atoms with Crippen LogP contribution in [0.5, 0.6) is 0 Å². The van der Waals surface area contributed by atoms with Crippen molar-refractivity contribution in [3.05, 3.63) is 23.9 Å². The molecule has 144 valence electrons. The number of rotatable bonds is 3. The molecule has 3 heterocycles. The highest BCUT2D eigenvalue weighted by molar-refractivity contribution is 5.80. The van der Waals surface area contributed by atoms with E-state index in [2.05, 4.69) is 10.3 Å². The first kappa shape index (κ1) is 18.9. The van der Waals surface area contributed by atoms with Crippen molar-refractivity contribution in [1.29, 1.82) is 0 Å². The Morgan fingerprint density at radius 2 is 2.00 bits per heavy atom. The van der Waals surface area contributed by atoms with E-state index in [-0.39, 0.29) is 17.6 Å². The molecule has 0 bridgehead atoms. The molecule has 2 fully saturated rings. The van der Waals surface area contributed by atoms with Gasteiger partial charge in [0.05, 0.1) is 11.5 Å². The lowest BCUT2D eigenvalue weighted by Crippen LogP contribution is -2.51. The van der Waals surface area contributed by atoms with Crippen LogP contribution in [0.4, 0.5) is 19.0 Å². The number of carbonyl (C=O) groups is 1. The zero-order chi connectivity index (χ0) is 18.7. The normalized spacial score (nSPS) is 24.6. The number of aromatic nitrogens is 1. The molecular formula is C18H25F3N4O. The number of halogens is 3. The molecule has 1 aromatic rings. The van der Waals surface area contributed by atoms with E-state index in [1.165, 1.54) is 12.3 Å². The molecule has 8 heteroatoms. The molecule has 1 amide bonds. The van der Waals surface area contributed by atoms with Gasteiger partial charge in [0.25, 0.3) is 0 Å². The van der Waals surface area contributed by atoms with Crippen LogP contribution in [-0.4, -0.2) is 55.1 Å². The maximum Gasteiger partial charge on any atom is 0.419 e. The highest BCUT2D eigenvalue weighted by Crippen LogP contribution is 2.36. The summed E-state index contributed by atoms with van der Waals surface area (Å²) in [6.07, 6.45) is 0.315. The monoisotopic (exact) mass is 370 g/mol. The van der Waals surface area contributed by atoms with Gasteiger partial charge in [0.2, 0.25) is 5.91 Å². The molecule has 0 saturated carbocycles. The third kappa shape index (κ3) is 4.11. The average Bonchev–Trinajstić information content (AvgIpc) is 2.67. The molecule has 0 radical (unpaired) electrons. The number of hydrogen-bond donors (Lipinski definition) is 1. The average molecular weight is 370 g/mol. The van der Waals surface area contributed by atoms with Crippen LogP contribution in [-0.2, 0) is 11.0 Å². The first-order chi connectivity index (χ1) is 12.4. The SMILES string of the molecule is CNC1CCCN(C(=O)C2CCCN(c3ncccc3C(F)(F)F)C2)C1. The van der Waals surface area contributed by atoms with Crippen molar-refractivity contribution in [1.82, 2.24) is 15.2 Å². The minimum absolute atomic E-state index is 0.0548. The van der Waals surface area contributed by atoms with Gasteiger partial charge >= 0.3 is 6.18 Å². The lowest BCUT2D eigenvalue weighted by molar-refractivity contribution is -0.137. The number of nitrogens with one attached hydrogen (secondary N) is 1. The number of nitrogens with zero attached hydrogens (tertiary/aromatic N) is 3. The van der Waals surface area contributed by atoms with Crippen LogP contribution in [0.3, 0.4) is 0 Å². The van der Waals surface area contributed by atoms with Crippen LogP contribution in [0.15, 0.2) is 18.3 Å². The van der Waals surface area contributed by atoms with Crippen LogP contribution in [0.25, 0.3) is 0 Å². The van der Waals surface area contributed by atoms with Crippen molar-refractivity contribution < 1.29 is 18.0 Å². The molecular weight excluding hydrogens is 345 g/mol. The van der Waals surface area contributed by atoms with Crippen LogP contribution >= 0.6 is 0 Å². The number of likely N-dealkylation sites (tertiary alicyclic amines) is 1. The zero-order valence-electron chi connectivity index (χ0n) is 14.9. The maximum absolute atomic E-state index is 13.3. The van der Waals surface area contributed by atoms with Crippen molar-refractivity contribution in [2.24, 2.45) is 5.92 Å². The maximum atomic E-state index is 13.3. The van der Waals surface area contributed by atoms with Gasteiger partial charge in [-0.2, -0.15) is 13.2 Å². The third-order valence-electron chi connectivity index (χ3n) is 5.30. The van der Waals surface area contributed by atoms with Crippen LogP contribution < -0.4 is 10.2 Å². The van der Waals surface area contributed by atoms with E-state index in [1.54, 1.807) is 4.90 Å². The zero-order valence-corrected chi connectivity index (χ0v) is 14.9. The van der Waals surface area contributed by atoms with Gasteiger partial charge in [-0.3, -0.25) is 4.79 Å². The van der Waals surface area contributed by atoms with Crippen molar-refractivity contribution in [3.8, 4) is 0 Å². The van der Waals surface area contributed by atoms with Gasteiger partial charge in [-0.05, 0) is 44.9 Å². The molecule has 5 nitrogen and oxygen atoms in total. The van der Waals surface area contributed by atoms with E-state index >= 15 is 0 Å². The predicted molar refractivity (Wildman–Crippen MR) is 92.8 cm³/mol. The first-order valence-corrected chi connectivity index (χ1v) is 9.13.